The molecule has 2 heterocycles. The first-order chi connectivity index (χ1) is 12.9. The van der Waals surface area contributed by atoms with Crippen molar-refractivity contribution in [3.8, 4) is 0 Å². The molecule has 156 valence electrons. The Bertz CT molecular complexity index is 727. The summed E-state index contributed by atoms with van der Waals surface area (Å²) in [5.41, 5.74) is 1.23. The monoisotopic (exact) mass is 410 g/mol. The van der Waals surface area contributed by atoms with Gasteiger partial charge in [0.05, 0.1) is 6.61 Å². The smallest absolute Gasteiger partial charge is 0.404 e. The molecule has 2 N–H and O–H groups in total. The molecule has 0 spiro atoms. The SMILES string of the molecule is CC(C)(C)[Si](C)(C)OCc1ccnc([N+](=O)[O-])c1N1CCC(NC(=O)O)CC1. The Morgan fingerprint density at radius 2 is 2.04 bits per heavy atom. The molecule has 0 aromatic carbocycles. The highest BCUT2D eigenvalue weighted by Gasteiger charge is 2.38. The van der Waals surface area contributed by atoms with E-state index in [0.29, 0.717) is 38.2 Å². The average Bonchev–Trinajstić information content (AvgIpc) is 2.59. The van der Waals surface area contributed by atoms with Crippen molar-refractivity contribution in [1.29, 1.82) is 0 Å². The van der Waals surface area contributed by atoms with Crippen molar-refractivity contribution >= 4 is 25.9 Å². The topological polar surface area (TPSA) is 118 Å². The molecule has 0 aliphatic carbocycles. The standard InChI is InChI=1S/C18H30N4O5Si/c1-18(2,3)28(4,5)27-12-13-6-9-19-16(22(25)26)15(13)21-10-7-14(8-11-21)20-17(23)24/h6,9,14,20H,7-8,10-12H2,1-5H3,(H,23,24). The number of hydrogen-bond donors (Lipinski definition) is 2. The Morgan fingerprint density at radius 3 is 2.54 bits per heavy atom. The van der Waals surface area contributed by atoms with Crippen LogP contribution in [0.5, 0.6) is 0 Å². The molecule has 28 heavy (non-hydrogen) atoms. The third-order valence-corrected chi connectivity index (χ3v) is 10.2. The summed E-state index contributed by atoms with van der Waals surface area (Å²) >= 11 is 0. The zero-order valence-corrected chi connectivity index (χ0v) is 18.2. The van der Waals surface area contributed by atoms with Gasteiger partial charge in [-0.25, -0.2) is 4.79 Å². The molecule has 0 bridgehead atoms. The first-order valence-electron chi connectivity index (χ1n) is 9.43. The van der Waals surface area contributed by atoms with Gasteiger partial charge in [-0.05, 0) is 46.9 Å². The normalized spacial score (nSPS) is 16.1. The molecule has 1 saturated heterocycles. The molecular formula is C18H30N4O5Si. The van der Waals surface area contributed by atoms with E-state index in [2.05, 4.69) is 44.2 Å². The van der Waals surface area contributed by atoms with Crippen LogP contribution in [0.25, 0.3) is 0 Å². The molecule has 1 aliphatic heterocycles. The average molecular weight is 411 g/mol. The molecule has 2 rings (SSSR count). The maximum atomic E-state index is 11.6. The van der Waals surface area contributed by atoms with Crippen LogP contribution in [0, 0.1) is 10.1 Å². The number of rotatable bonds is 6. The lowest BCUT2D eigenvalue weighted by molar-refractivity contribution is -0.388. The number of carboxylic acid groups (broad SMARTS) is 1. The minimum atomic E-state index is -2.02. The molecule has 1 aromatic heterocycles. The quantitative estimate of drug-likeness (QED) is 0.416. The Hall–Kier alpha value is -2.20. The fourth-order valence-electron chi connectivity index (χ4n) is 2.97. The third-order valence-electron chi connectivity index (χ3n) is 5.69. The molecule has 0 saturated carbocycles. The highest BCUT2D eigenvalue weighted by Crippen LogP contribution is 2.39. The minimum Gasteiger partial charge on any atom is -0.465 e. The Labute approximate surface area is 166 Å². The predicted octanol–water partition coefficient (Wildman–Crippen LogP) is 3.75. The number of amides is 1. The van der Waals surface area contributed by atoms with Crippen LogP contribution in [0.3, 0.4) is 0 Å². The number of anilines is 1. The Morgan fingerprint density at radius 1 is 1.43 bits per heavy atom. The van der Waals surface area contributed by atoms with Gasteiger partial charge >= 0.3 is 11.9 Å². The van der Waals surface area contributed by atoms with Crippen molar-refractivity contribution in [2.75, 3.05) is 18.0 Å². The molecule has 0 unspecified atom stereocenters. The van der Waals surface area contributed by atoms with Gasteiger partial charge in [-0.15, -0.1) is 0 Å². The minimum absolute atomic E-state index is 0.0347. The predicted molar refractivity (Wildman–Crippen MR) is 109 cm³/mol. The van der Waals surface area contributed by atoms with E-state index in [1.54, 1.807) is 6.07 Å². The highest BCUT2D eigenvalue weighted by molar-refractivity contribution is 6.74. The van der Waals surface area contributed by atoms with Crippen molar-refractivity contribution in [1.82, 2.24) is 10.3 Å². The summed E-state index contributed by atoms with van der Waals surface area (Å²) in [5, 5.41) is 23.0. The van der Waals surface area contributed by atoms with E-state index in [1.807, 2.05) is 4.90 Å². The fourth-order valence-corrected chi connectivity index (χ4v) is 3.92. The summed E-state index contributed by atoms with van der Waals surface area (Å²) in [6.45, 7) is 12.1. The van der Waals surface area contributed by atoms with Crippen molar-refractivity contribution in [3.05, 3.63) is 27.9 Å². The van der Waals surface area contributed by atoms with Gasteiger partial charge in [-0.1, -0.05) is 20.8 Å². The number of piperidine rings is 1. The molecule has 1 amide bonds. The molecule has 0 atom stereocenters. The second kappa shape index (κ2) is 8.44. The van der Waals surface area contributed by atoms with Crippen molar-refractivity contribution < 1.29 is 19.3 Å². The van der Waals surface area contributed by atoms with Crippen LogP contribution in [0.4, 0.5) is 16.3 Å². The van der Waals surface area contributed by atoms with Crippen LogP contribution >= 0.6 is 0 Å². The summed E-state index contributed by atoms with van der Waals surface area (Å²) < 4.78 is 6.29. The number of nitrogens with zero attached hydrogens (tertiary/aromatic N) is 3. The Balaban J connectivity index is 2.25. The third kappa shape index (κ3) is 5.19. The van der Waals surface area contributed by atoms with E-state index in [9.17, 15) is 14.9 Å². The van der Waals surface area contributed by atoms with Crippen molar-refractivity contribution in [2.45, 2.75) is 64.4 Å². The number of pyridine rings is 1. The van der Waals surface area contributed by atoms with Crippen LogP contribution in [0.15, 0.2) is 12.3 Å². The molecule has 9 nitrogen and oxygen atoms in total. The molecule has 0 radical (unpaired) electrons. The maximum absolute atomic E-state index is 11.6. The number of carbonyl (C=O) groups is 1. The van der Waals surface area contributed by atoms with Gasteiger partial charge < -0.3 is 29.9 Å². The van der Waals surface area contributed by atoms with Crippen LogP contribution in [0.2, 0.25) is 18.1 Å². The summed E-state index contributed by atoms with van der Waals surface area (Å²) in [4.78, 5) is 27.9. The summed E-state index contributed by atoms with van der Waals surface area (Å²) in [6.07, 6.45) is 1.57. The molecular weight excluding hydrogens is 380 g/mol. The van der Waals surface area contributed by atoms with Crippen LogP contribution in [-0.2, 0) is 11.0 Å². The summed E-state index contributed by atoms with van der Waals surface area (Å²) in [6, 6.07) is 1.63. The lowest BCUT2D eigenvalue weighted by atomic mass is 10.0. The van der Waals surface area contributed by atoms with Crippen LogP contribution < -0.4 is 10.2 Å². The molecule has 1 aliphatic rings. The zero-order chi connectivity index (χ0) is 21.1. The second-order valence-corrected chi connectivity index (χ2v) is 13.5. The van der Waals surface area contributed by atoms with Gasteiger partial charge in [-0.3, -0.25) is 0 Å². The number of nitro groups is 1. The first-order valence-corrected chi connectivity index (χ1v) is 12.3. The highest BCUT2D eigenvalue weighted by atomic mass is 28.4. The zero-order valence-electron chi connectivity index (χ0n) is 17.2. The van der Waals surface area contributed by atoms with Gasteiger partial charge in [0.15, 0.2) is 8.32 Å². The summed E-state index contributed by atoms with van der Waals surface area (Å²) in [7, 11) is -2.02. The van der Waals surface area contributed by atoms with E-state index >= 15 is 0 Å². The molecule has 1 aromatic rings. The van der Waals surface area contributed by atoms with E-state index in [-0.39, 0.29) is 16.9 Å². The maximum Gasteiger partial charge on any atom is 0.404 e. The van der Waals surface area contributed by atoms with E-state index in [0.717, 1.165) is 5.56 Å². The number of hydrogen-bond acceptors (Lipinski definition) is 6. The van der Waals surface area contributed by atoms with E-state index in [4.69, 9.17) is 9.53 Å². The molecule has 1 fully saturated rings. The van der Waals surface area contributed by atoms with Gasteiger partial charge in [0.2, 0.25) is 0 Å². The van der Waals surface area contributed by atoms with Crippen molar-refractivity contribution in [3.63, 3.8) is 0 Å². The van der Waals surface area contributed by atoms with Crippen LogP contribution in [-0.4, -0.2) is 48.6 Å². The largest absolute Gasteiger partial charge is 0.465 e. The lowest BCUT2D eigenvalue weighted by Crippen LogP contribution is -2.45. The number of aromatic nitrogens is 1. The van der Waals surface area contributed by atoms with E-state index in [1.165, 1.54) is 6.20 Å². The van der Waals surface area contributed by atoms with Crippen LogP contribution in [0.1, 0.15) is 39.2 Å². The number of nitrogens with one attached hydrogen (secondary N) is 1. The second-order valence-electron chi connectivity index (χ2n) is 8.66. The van der Waals surface area contributed by atoms with Crippen molar-refractivity contribution in [2.24, 2.45) is 0 Å². The van der Waals surface area contributed by atoms with Gasteiger partial charge in [0.25, 0.3) is 0 Å². The molecule has 10 heteroatoms. The van der Waals surface area contributed by atoms with E-state index < -0.39 is 19.3 Å². The summed E-state index contributed by atoms with van der Waals surface area (Å²) in [5.74, 6) is -0.180. The van der Waals surface area contributed by atoms with Gasteiger partial charge in [-0.2, -0.15) is 0 Å². The Kier molecular flexibility index (Phi) is 6.66. The van der Waals surface area contributed by atoms with Gasteiger partial charge in [0, 0.05) is 24.7 Å². The van der Waals surface area contributed by atoms with Gasteiger partial charge in [0.1, 0.15) is 11.9 Å². The fraction of sp³-hybridized carbons (Fsp3) is 0.667. The lowest BCUT2D eigenvalue weighted by Gasteiger charge is -2.37. The first kappa shape index (κ1) is 22.1.